The van der Waals surface area contributed by atoms with E-state index in [0.717, 1.165) is 0 Å². The van der Waals surface area contributed by atoms with E-state index in [1.165, 1.54) is 25.9 Å². The molecule has 2 nitrogen and oxygen atoms in total. The number of hydrogen-bond donors (Lipinski definition) is 1. The molecule has 0 bridgehead atoms. The average Bonchev–Trinajstić information content (AvgIpc) is 2.48. The second kappa shape index (κ2) is 16.0. The SMILES string of the molecule is C1CCNC1.CC.COC. The molecule has 1 heterocycles. The van der Waals surface area contributed by atoms with Gasteiger partial charge in [0.05, 0.1) is 0 Å². The maximum atomic E-state index is 4.25. The van der Waals surface area contributed by atoms with Gasteiger partial charge in [-0.25, -0.2) is 0 Å². The monoisotopic (exact) mass is 147 g/mol. The zero-order valence-electron chi connectivity index (χ0n) is 7.74. The minimum absolute atomic E-state index is 1.25. The van der Waals surface area contributed by atoms with Crippen LogP contribution >= 0.6 is 0 Å². The summed E-state index contributed by atoms with van der Waals surface area (Å²) in [5.74, 6) is 0. The minimum Gasteiger partial charge on any atom is -0.388 e. The Labute approximate surface area is 65.0 Å². The molecule has 1 N–H and O–H groups in total. The predicted octanol–water partition coefficient (Wildman–Crippen LogP) is 1.66. The fourth-order valence-corrected chi connectivity index (χ4v) is 0.625. The first-order chi connectivity index (χ1) is 4.91. The topological polar surface area (TPSA) is 21.3 Å². The fourth-order valence-electron chi connectivity index (χ4n) is 0.625. The Morgan fingerprint density at radius 1 is 1.00 bits per heavy atom. The molecule has 0 saturated carbocycles. The summed E-state index contributed by atoms with van der Waals surface area (Å²) >= 11 is 0. The highest BCUT2D eigenvalue weighted by Crippen LogP contribution is 1.90. The summed E-state index contributed by atoms with van der Waals surface area (Å²) in [7, 11) is 3.25. The molecule has 0 atom stereocenters. The second-order valence-electron chi connectivity index (χ2n) is 1.87. The van der Waals surface area contributed by atoms with Crippen LogP contribution in [0.5, 0.6) is 0 Å². The lowest BCUT2D eigenvalue weighted by atomic mass is 10.4. The number of nitrogens with one attached hydrogen (secondary N) is 1. The van der Waals surface area contributed by atoms with E-state index in [1.807, 2.05) is 13.8 Å². The van der Waals surface area contributed by atoms with Crippen LogP contribution in [0.15, 0.2) is 0 Å². The van der Waals surface area contributed by atoms with Gasteiger partial charge in [-0.05, 0) is 25.9 Å². The smallest absolute Gasteiger partial charge is 0.0351 e. The van der Waals surface area contributed by atoms with Crippen LogP contribution in [-0.2, 0) is 4.74 Å². The van der Waals surface area contributed by atoms with Gasteiger partial charge in [0.1, 0.15) is 0 Å². The molecule has 1 rings (SSSR count). The van der Waals surface area contributed by atoms with Crippen LogP contribution in [0.4, 0.5) is 0 Å². The Morgan fingerprint density at radius 3 is 1.40 bits per heavy atom. The first kappa shape index (κ1) is 12.6. The molecule has 0 radical (unpaired) electrons. The van der Waals surface area contributed by atoms with Gasteiger partial charge in [-0.2, -0.15) is 0 Å². The van der Waals surface area contributed by atoms with Crippen LogP contribution in [0.25, 0.3) is 0 Å². The predicted molar refractivity (Wildman–Crippen MR) is 46.4 cm³/mol. The van der Waals surface area contributed by atoms with Gasteiger partial charge in [0.15, 0.2) is 0 Å². The highest BCUT2D eigenvalue weighted by Gasteiger charge is 1.93. The third kappa shape index (κ3) is 15.7. The van der Waals surface area contributed by atoms with E-state index in [-0.39, 0.29) is 0 Å². The summed E-state index contributed by atoms with van der Waals surface area (Å²) in [5, 5.41) is 3.22. The Bertz CT molecular complexity index is 28.6. The van der Waals surface area contributed by atoms with Crippen molar-refractivity contribution in [3.63, 3.8) is 0 Å². The molecule has 2 heteroatoms. The first-order valence-corrected chi connectivity index (χ1v) is 4.02. The molecule has 0 unspecified atom stereocenters. The molecule has 1 saturated heterocycles. The standard InChI is InChI=1S/C4H9N.C2H6O.C2H6/c1-2-4-5-3-1;1-3-2;1-2/h5H,1-4H2;1-2H3;1-2H3. The molecule has 64 valence electrons. The van der Waals surface area contributed by atoms with Gasteiger partial charge in [0, 0.05) is 14.2 Å². The summed E-state index contributed by atoms with van der Waals surface area (Å²) in [6.07, 6.45) is 2.78. The summed E-state index contributed by atoms with van der Waals surface area (Å²) < 4.78 is 4.25. The van der Waals surface area contributed by atoms with E-state index in [1.54, 1.807) is 14.2 Å². The highest BCUT2D eigenvalue weighted by atomic mass is 16.4. The van der Waals surface area contributed by atoms with Crippen molar-refractivity contribution in [3.8, 4) is 0 Å². The summed E-state index contributed by atoms with van der Waals surface area (Å²) in [4.78, 5) is 0. The molecular formula is C8H21NO. The maximum absolute atomic E-state index is 4.25. The summed E-state index contributed by atoms with van der Waals surface area (Å²) in [6, 6.07) is 0. The molecule has 0 aliphatic carbocycles. The molecule has 0 amide bonds. The molecular weight excluding hydrogens is 126 g/mol. The molecule has 0 aromatic rings. The molecule has 0 spiro atoms. The normalized spacial score (nSPS) is 14.4. The Morgan fingerprint density at radius 2 is 1.30 bits per heavy atom. The molecule has 0 aromatic heterocycles. The van der Waals surface area contributed by atoms with Crippen LogP contribution < -0.4 is 5.32 Å². The first-order valence-electron chi connectivity index (χ1n) is 4.02. The number of methoxy groups -OCH3 is 1. The van der Waals surface area contributed by atoms with Crippen molar-refractivity contribution in [3.05, 3.63) is 0 Å². The Hall–Kier alpha value is -0.0800. The van der Waals surface area contributed by atoms with Crippen molar-refractivity contribution in [2.75, 3.05) is 27.3 Å². The molecule has 1 aliphatic heterocycles. The van der Waals surface area contributed by atoms with Gasteiger partial charge in [0.25, 0.3) is 0 Å². The van der Waals surface area contributed by atoms with E-state index < -0.39 is 0 Å². The van der Waals surface area contributed by atoms with Crippen molar-refractivity contribution in [2.45, 2.75) is 26.7 Å². The van der Waals surface area contributed by atoms with Crippen molar-refractivity contribution in [1.82, 2.24) is 5.32 Å². The van der Waals surface area contributed by atoms with Crippen LogP contribution in [0.1, 0.15) is 26.7 Å². The fraction of sp³-hybridized carbons (Fsp3) is 1.00. The Balaban J connectivity index is 0. The van der Waals surface area contributed by atoms with Gasteiger partial charge in [0.2, 0.25) is 0 Å². The lowest BCUT2D eigenvalue weighted by Gasteiger charge is -1.76. The van der Waals surface area contributed by atoms with Crippen molar-refractivity contribution < 1.29 is 4.74 Å². The van der Waals surface area contributed by atoms with Gasteiger partial charge >= 0.3 is 0 Å². The number of rotatable bonds is 0. The van der Waals surface area contributed by atoms with Gasteiger partial charge < -0.3 is 10.1 Å². The third-order valence-electron chi connectivity index (χ3n) is 0.957. The van der Waals surface area contributed by atoms with Crippen LogP contribution in [0.2, 0.25) is 0 Å². The maximum Gasteiger partial charge on any atom is 0.0351 e. The zero-order valence-corrected chi connectivity index (χ0v) is 7.74. The lowest BCUT2D eigenvalue weighted by Crippen LogP contribution is -2.03. The van der Waals surface area contributed by atoms with Gasteiger partial charge in [-0.15, -0.1) is 0 Å². The van der Waals surface area contributed by atoms with Crippen molar-refractivity contribution >= 4 is 0 Å². The largest absolute Gasteiger partial charge is 0.388 e. The van der Waals surface area contributed by atoms with E-state index >= 15 is 0 Å². The van der Waals surface area contributed by atoms with E-state index in [9.17, 15) is 0 Å². The van der Waals surface area contributed by atoms with E-state index in [4.69, 9.17) is 0 Å². The Kier molecular flexibility index (Phi) is 20.1. The molecule has 0 aromatic carbocycles. The number of hydrogen-bond acceptors (Lipinski definition) is 2. The van der Waals surface area contributed by atoms with Crippen LogP contribution in [0.3, 0.4) is 0 Å². The van der Waals surface area contributed by atoms with Crippen molar-refractivity contribution in [1.29, 1.82) is 0 Å². The number of ether oxygens (including phenoxy) is 1. The summed E-state index contributed by atoms with van der Waals surface area (Å²) in [5.41, 5.74) is 0. The second-order valence-corrected chi connectivity index (χ2v) is 1.87. The minimum atomic E-state index is 1.25. The molecule has 10 heavy (non-hydrogen) atoms. The van der Waals surface area contributed by atoms with Gasteiger partial charge in [-0.1, -0.05) is 13.8 Å². The van der Waals surface area contributed by atoms with E-state index in [0.29, 0.717) is 0 Å². The average molecular weight is 147 g/mol. The highest BCUT2D eigenvalue weighted by molar-refractivity contribution is 4.55. The quantitative estimate of drug-likeness (QED) is 0.562. The van der Waals surface area contributed by atoms with E-state index in [2.05, 4.69) is 10.1 Å². The van der Waals surface area contributed by atoms with Gasteiger partial charge in [-0.3, -0.25) is 0 Å². The molecule has 1 aliphatic rings. The van der Waals surface area contributed by atoms with Crippen LogP contribution in [-0.4, -0.2) is 27.3 Å². The molecule has 1 fully saturated rings. The summed E-state index contributed by atoms with van der Waals surface area (Å²) in [6.45, 7) is 6.50. The zero-order chi connectivity index (χ0) is 8.24. The third-order valence-corrected chi connectivity index (χ3v) is 0.957. The van der Waals surface area contributed by atoms with Crippen LogP contribution in [0, 0.1) is 0 Å². The van der Waals surface area contributed by atoms with Crippen molar-refractivity contribution in [2.24, 2.45) is 0 Å². The lowest BCUT2D eigenvalue weighted by molar-refractivity contribution is 0.277.